The molecule has 0 unspecified atom stereocenters. The van der Waals surface area contributed by atoms with Crippen LogP contribution in [0.25, 0.3) is 0 Å². The van der Waals surface area contributed by atoms with Crippen LogP contribution in [0.1, 0.15) is 38.9 Å². The second-order valence-electron chi connectivity index (χ2n) is 6.51. The summed E-state index contributed by atoms with van der Waals surface area (Å²) >= 11 is 5.96. The van der Waals surface area contributed by atoms with Gasteiger partial charge in [-0.25, -0.2) is 4.39 Å². The van der Waals surface area contributed by atoms with Crippen molar-refractivity contribution in [1.29, 1.82) is 5.41 Å². The van der Waals surface area contributed by atoms with E-state index in [2.05, 4.69) is 10.4 Å². The van der Waals surface area contributed by atoms with Crippen LogP contribution in [0.5, 0.6) is 0 Å². The SMILES string of the molecule is CC(=N)c1ccc(C(=O)Cc2c(C(=O)Nc3ccc(F)cc3Cl)cnn2C)cc1. The van der Waals surface area contributed by atoms with Crippen LogP contribution in [-0.2, 0) is 13.5 Å². The molecule has 0 fully saturated rings. The van der Waals surface area contributed by atoms with E-state index in [9.17, 15) is 14.0 Å². The zero-order chi connectivity index (χ0) is 21.1. The van der Waals surface area contributed by atoms with Crippen molar-refractivity contribution >= 4 is 34.7 Å². The van der Waals surface area contributed by atoms with Crippen LogP contribution < -0.4 is 5.32 Å². The van der Waals surface area contributed by atoms with Gasteiger partial charge in [0.1, 0.15) is 5.82 Å². The van der Waals surface area contributed by atoms with E-state index in [0.717, 1.165) is 11.6 Å². The summed E-state index contributed by atoms with van der Waals surface area (Å²) in [4.78, 5) is 25.4. The molecule has 6 nitrogen and oxygen atoms in total. The van der Waals surface area contributed by atoms with E-state index in [1.165, 1.54) is 23.0 Å². The summed E-state index contributed by atoms with van der Waals surface area (Å²) in [5, 5.41) is 14.4. The Morgan fingerprint density at radius 3 is 2.45 bits per heavy atom. The molecule has 1 heterocycles. The van der Waals surface area contributed by atoms with Gasteiger partial charge in [-0.3, -0.25) is 14.3 Å². The van der Waals surface area contributed by atoms with Crippen LogP contribution in [0.3, 0.4) is 0 Å². The average Bonchev–Trinajstić information content (AvgIpc) is 3.04. The zero-order valence-corrected chi connectivity index (χ0v) is 16.5. The first kappa shape index (κ1) is 20.4. The molecule has 3 rings (SSSR count). The Morgan fingerprint density at radius 2 is 1.83 bits per heavy atom. The van der Waals surface area contributed by atoms with Gasteiger partial charge < -0.3 is 10.7 Å². The fraction of sp³-hybridized carbons (Fsp3) is 0.143. The lowest BCUT2D eigenvalue weighted by molar-refractivity contribution is 0.0990. The monoisotopic (exact) mass is 412 g/mol. The van der Waals surface area contributed by atoms with E-state index in [0.29, 0.717) is 17.0 Å². The van der Waals surface area contributed by atoms with Gasteiger partial charge in [-0.1, -0.05) is 35.9 Å². The highest BCUT2D eigenvalue weighted by atomic mass is 35.5. The second kappa shape index (κ2) is 8.36. The minimum absolute atomic E-state index is 0.0285. The third-order valence-electron chi connectivity index (χ3n) is 4.45. The summed E-state index contributed by atoms with van der Waals surface area (Å²) in [6.45, 7) is 1.67. The van der Waals surface area contributed by atoms with Crippen molar-refractivity contribution in [3.8, 4) is 0 Å². The number of aryl methyl sites for hydroxylation is 1. The number of halogens is 2. The third-order valence-corrected chi connectivity index (χ3v) is 4.77. The van der Waals surface area contributed by atoms with Gasteiger partial charge >= 0.3 is 0 Å². The standard InChI is InChI=1S/C21H18ClFN4O2/c1-12(24)13-3-5-14(6-4-13)20(28)10-19-16(11-25-27(19)2)21(29)26-18-8-7-15(23)9-17(18)22/h3-9,11,24H,10H2,1-2H3,(H,26,29). The normalized spacial score (nSPS) is 10.6. The topological polar surface area (TPSA) is 87.8 Å². The Kier molecular flexibility index (Phi) is 5.89. The fourth-order valence-corrected chi connectivity index (χ4v) is 3.02. The lowest BCUT2D eigenvalue weighted by atomic mass is 10.0. The summed E-state index contributed by atoms with van der Waals surface area (Å²) in [6.07, 6.45) is 1.34. The Bertz CT molecular complexity index is 1110. The number of benzene rings is 2. The molecule has 0 saturated heterocycles. The molecule has 3 aromatic rings. The molecule has 0 saturated carbocycles. The number of aromatic nitrogens is 2. The molecule has 148 valence electrons. The molecule has 0 aliphatic carbocycles. The Hall–Kier alpha value is -3.32. The summed E-state index contributed by atoms with van der Waals surface area (Å²) in [7, 11) is 1.64. The summed E-state index contributed by atoms with van der Waals surface area (Å²) < 4.78 is 14.7. The number of carbonyl (C=O) groups excluding carboxylic acids is 2. The number of carbonyl (C=O) groups is 2. The van der Waals surface area contributed by atoms with Gasteiger partial charge in [0.15, 0.2) is 5.78 Å². The van der Waals surface area contributed by atoms with E-state index in [4.69, 9.17) is 17.0 Å². The number of ketones is 1. The Morgan fingerprint density at radius 1 is 1.17 bits per heavy atom. The summed E-state index contributed by atoms with van der Waals surface area (Å²) in [5.41, 5.74) is 2.56. The molecule has 1 amide bonds. The summed E-state index contributed by atoms with van der Waals surface area (Å²) in [6, 6.07) is 10.4. The Balaban J connectivity index is 1.80. The molecule has 0 aliphatic heterocycles. The molecule has 0 spiro atoms. The molecular weight excluding hydrogens is 395 g/mol. The first-order valence-electron chi connectivity index (χ1n) is 8.72. The van der Waals surface area contributed by atoms with E-state index in [1.54, 1.807) is 38.2 Å². The first-order valence-corrected chi connectivity index (χ1v) is 9.10. The van der Waals surface area contributed by atoms with E-state index >= 15 is 0 Å². The quantitative estimate of drug-likeness (QED) is 0.468. The average molecular weight is 413 g/mol. The third kappa shape index (κ3) is 4.57. The highest BCUT2D eigenvalue weighted by Gasteiger charge is 2.20. The number of nitrogens with zero attached hydrogens (tertiary/aromatic N) is 2. The van der Waals surface area contributed by atoms with Gasteiger partial charge in [0, 0.05) is 18.3 Å². The van der Waals surface area contributed by atoms with Gasteiger partial charge in [-0.05, 0) is 30.7 Å². The van der Waals surface area contributed by atoms with Gasteiger partial charge in [0.05, 0.1) is 34.6 Å². The molecular formula is C21H18ClFN4O2. The van der Waals surface area contributed by atoms with Crippen LogP contribution in [0.4, 0.5) is 10.1 Å². The fourth-order valence-electron chi connectivity index (χ4n) is 2.80. The van der Waals surface area contributed by atoms with Crippen molar-refractivity contribution in [3.63, 3.8) is 0 Å². The van der Waals surface area contributed by atoms with Crippen molar-refractivity contribution in [3.05, 3.63) is 81.9 Å². The molecule has 29 heavy (non-hydrogen) atoms. The van der Waals surface area contributed by atoms with Crippen molar-refractivity contribution < 1.29 is 14.0 Å². The number of nitrogens with one attached hydrogen (secondary N) is 2. The minimum Gasteiger partial charge on any atom is -0.321 e. The number of amides is 1. The van der Waals surface area contributed by atoms with Crippen LogP contribution in [0.2, 0.25) is 5.02 Å². The van der Waals surface area contributed by atoms with Gasteiger partial charge in [0.2, 0.25) is 0 Å². The van der Waals surface area contributed by atoms with Gasteiger partial charge in [-0.2, -0.15) is 5.10 Å². The molecule has 0 aliphatic rings. The summed E-state index contributed by atoms with van der Waals surface area (Å²) in [5.74, 6) is -1.19. The van der Waals surface area contributed by atoms with E-state index in [1.807, 2.05) is 0 Å². The maximum absolute atomic E-state index is 13.2. The van der Waals surface area contributed by atoms with Crippen LogP contribution in [0, 0.1) is 11.2 Å². The van der Waals surface area contributed by atoms with Crippen LogP contribution in [-0.4, -0.2) is 27.2 Å². The lowest BCUT2D eigenvalue weighted by Crippen LogP contribution is -2.17. The number of hydrogen-bond donors (Lipinski definition) is 2. The molecule has 2 N–H and O–H groups in total. The van der Waals surface area contributed by atoms with Crippen LogP contribution >= 0.6 is 11.6 Å². The van der Waals surface area contributed by atoms with Gasteiger partial charge in [0.25, 0.3) is 5.91 Å². The molecule has 0 bridgehead atoms. The van der Waals surface area contributed by atoms with E-state index in [-0.39, 0.29) is 28.5 Å². The number of hydrogen-bond acceptors (Lipinski definition) is 4. The molecule has 0 radical (unpaired) electrons. The lowest BCUT2D eigenvalue weighted by Gasteiger charge is -2.09. The minimum atomic E-state index is -0.509. The molecule has 2 aromatic carbocycles. The first-order chi connectivity index (χ1) is 13.8. The van der Waals surface area contributed by atoms with Crippen LogP contribution in [0.15, 0.2) is 48.7 Å². The number of anilines is 1. The van der Waals surface area contributed by atoms with Crippen molar-refractivity contribution in [2.24, 2.45) is 7.05 Å². The zero-order valence-electron chi connectivity index (χ0n) is 15.8. The largest absolute Gasteiger partial charge is 0.321 e. The van der Waals surface area contributed by atoms with E-state index < -0.39 is 11.7 Å². The van der Waals surface area contributed by atoms with Crippen molar-refractivity contribution in [1.82, 2.24) is 9.78 Å². The number of Topliss-reactive ketones (excluding diaryl/α,β-unsaturated/α-hetero) is 1. The predicted octanol–water partition coefficient (Wildman–Crippen LogP) is 4.28. The molecule has 1 aromatic heterocycles. The van der Waals surface area contributed by atoms with Gasteiger partial charge in [-0.15, -0.1) is 0 Å². The maximum Gasteiger partial charge on any atom is 0.259 e. The highest BCUT2D eigenvalue weighted by molar-refractivity contribution is 6.34. The highest BCUT2D eigenvalue weighted by Crippen LogP contribution is 2.23. The second-order valence-corrected chi connectivity index (χ2v) is 6.92. The predicted molar refractivity (Wildman–Crippen MR) is 110 cm³/mol. The van der Waals surface area contributed by atoms with Crippen molar-refractivity contribution in [2.75, 3.05) is 5.32 Å². The number of rotatable bonds is 6. The van der Waals surface area contributed by atoms with Crippen molar-refractivity contribution in [2.45, 2.75) is 13.3 Å². The maximum atomic E-state index is 13.2. The Labute approximate surface area is 171 Å². The smallest absolute Gasteiger partial charge is 0.259 e. The molecule has 0 atom stereocenters. The molecule has 8 heteroatoms.